The number of halogens is 3. The van der Waals surface area contributed by atoms with Crippen molar-refractivity contribution in [3.05, 3.63) is 63.4 Å². The number of carbonyl (C=O) groups is 1. The Hall–Kier alpha value is -1.66. The van der Waals surface area contributed by atoms with Gasteiger partial charge in [0.25, 0.3) is 0 Å². The van der Waals surface area contributed by atoms with E-state index in [2.05, 4.69) is 10.2 Å². The van der Waals surface area contributed by atoms with E-state index >= 15 is 4.39 Å². The fourth-order valence-electron chi connectivity index (χ4n) is 5.23. The zero-order valence-electron chi connectivity index (χ0n) is 16.0. The molecule has 0 aromatic heterocycles. The lowest BCUT2D eigenvalue weighted by atomic mass is 9.73. The molecule has 2 heterocycles. The van der Waals surface area contributed by atoms with Gasteiger partial charge in [-0.15, -0.1) is 0 Å². The SMILES string of the molecule is C[C@H]1[C@@H](N)[C@H](c2cccc(Cl)c2F)[C@]2(C(=O)Nc3cc(Cl)ccc32)N1CC1CC1. The highest BCUT2D eigenvalue weighted by molar-refractivity contribution is 6.31. The van der Waals surface area contributed by atoms with Crippen molar-refractivity contribution < 1.29 is 9.18 Å². The zero-order chi connectivity index (χ0) is 20.5. The first-order valence-corrected chi connectivity index (χ1v) is 10.7. The molecular weight excluding hydrogens is 412 g/mol. The average molecular weight is 434 g/mol. The molecule has 0 bridgehead atoms. The molecule has 1 saturated carbocycles. The predicted octanol–water partition coefficient (Wildman–Crippen LogP) is 4.51. The van der Waals surface area contributed by atoms with Gasteiger partial charge in [-0.3, -0.25) is 9.69 Å². The van der Waals surface area contributed by atoms with Crippen molar-refractivity contribution in [2.24, 2.45) is 11.7 Å². The van der Waals surface area contributed by atoms with Crippen LogP contribution in [-0.2, 0) is 10.3 Å². The van der Waals surface area contributed by atoms with Crippen LogP contribution in [0.2, 0.25) is 10.0 Å². The highest BCUT2D eigenvalue weighted by atomic mass is 35.5. The normalized spacial score (nSPS) is 31.3. The molecule has 1 aliphatic carbocycles. The molecule has 4 nitrogen and oxygen atoms in total. The number of nitrogens with one attached hydrogen (secondary N) is 1. The molecule has 7 heteroatoms. The number of amides is 1. The van der Waals surface area contributed by atoms with E-state index in [1.807, 2.05) is 13.0 Å². The van der Waals surface area contributed by atoms with E-state index in [0.717, 1.165) is 24.9 Å². The predicted molar refractivity (Wildman–Crippen MR) is 113 cm³/mol. The molecule has 1 amide bonds. The molecule has 2 aliphatic heterocycles. The summed E-state index contributed by atoms with van der Waals surface area (Å²) in [6.07, 6.45) is 2.28. The minimum atomic E-state index is -1.09. The molecule has 29 heavy (non-hydrogen) atoms. The van der Waals surface area contributed by atoms with Crippen LogP contribution in [0, 0.1) is 11.7 Å². The summed E-state index contributed by atoms with van der Waals surface area (Å²) in [5.74, 6) is -0.727. The van der Waals surface area contributed by atoms with E-state index in [9.17, 15) is 4.79 Å². The van der Waals surface area contributed by atoms with Crippen LogP contribution < -0.4 is 11.1 Å². The maximum atomic E-state index is 15.2. The second kappa shape index (κ2) is 6.67. The lowest BCUT2D eigenvalue weighted by Crippen LogP contribution is -2.52. The summed E-state index contributed by atoms with van der Waals surface area (Å²) in [5.41, 5.74) is 7.46. The number of nitrogens with zero attached hydrogens (tertiary/aromatic N) is 1. The van der Waals surface area contributed by atoms with E-state index in [-0.39, 0.29) is 17.0 Å². The molecule has 1 spiro atoms. The second-order valence-corrected chi connectivity index (χ2v) is 9.29. The molecule has 4 atom stereocenters. The van der Waals surface area contributed by atoms with Crippen LogP contribution in [0.4, 0.5) is 10.1 Å². The van der Waals surface area contributed by atoms with Gasteiger partial charge in [-0.1, -0.05) is 41.4 Å². The number of hydrogen-bond acceptors (Lipinski definition) is 3. The van der Waals surface area contributed by atoms with Crippen molar-refractivity contribution >= 4 is 34.8 Å². The summed E-state index contributed by atoms with van der Waals surface area (Å²) >= 11 is 12.3. The molecule has 152 valence electrons. The molecule has 3 N–H and O–H groups in total. The van der Waals surface area contributed by atoms with Crippen LogP contribution in [0.1, 0.15) is 36.8 Å². The Morgan fingerprint density at radius 2 is 2.03 bits per heavy atom. The van der Waals surface area contributed by atoms with Gasteiger partial charge in [-0.25, -0.2) is 4.39 Å². The van der Waals surface area contributed by atoms with Crippen LogP contribution in [0.15, 0.2) is 36.4 Å². The second-order valence-electron chi connectivity index (χ2n) is 8.44. The lowest BCUT2D eigenvalue weighted by Gasteiger charge is -2.39. The standard InChI is InChI=1S/C22H22Cl2FN3O/c1-11-20(26)18(14-3-2-4-16(24)19(14)25)22(28(11)10-12-5-6-12)15-8-7-13(23)9-17(15)27-21(22)29/h2-4,7-9,11-12,18,20H,5-6,10,26H2,1H3,(H,27,29)/t11-,18-,20+,22+/m0/s1. The largest absolute Gasteiger partial charge is 0.326 e. The van der Waals surface area contributed by atoms with Crippen LogP contribution in [0.3, 0.4) is 0 Å². The topological polar surface area (TPSA) is 58.4 Å². The summed E-state index contributed by atoms with van der Waals surface area (Å²) in [4.78, 5) is 15.8. The molecule has 2 aromatic rings. The molecule has 0 unspecified atom stereocenters. The first-order valence-electron chi connectivity index (χ1n) is 9.93. The molecule has 2 aromatic carbocycles. The summed E-state index contributed by atoms with van der Waals surface area (Å²) in [6.45, 7) is 2.78. The number of likely N-dealkylation sites (tertiary alicyclic amines) is 1. The smallest absolute Gasteiger partial charge is 0.250 e. The molecule has 0 radical (unpaired) electrons. The Balaban J connectivity index is 1.77. The summed E-state index contributed by atoms with van der Waals surface area (Å²) in [5, 5.41) is 3.57. The Kier molecular flexibility index (Phi) is 4.44. The van der Waals surface area contributed by atoms with E-state index in [4.69, 9.17) is 28.9 Å². The maximum Gasteiger partial charge on any atom is 0.250 e. The number of nitrogens with two attached hydrogens (primary N) is 1. The summed E-state index contributed by atoms with van der Waals surface area (Å²) in [7, 11) is 0. The number of anilines is 1. The van der Waals surface area contributed by atoms with Gasteiger partial charge in [0.1, 0.15) is 11.4 Å². The quantitative estimate of drug-likeness (QED) is 0.748. The molecule has 5 rings (SSSR count). The monoisotopic (exact) mass is 433 g/mol. The van der Waals surface area contributed by atoms with Crippen molar-refractivity contribution in [3.63, 3.8) is 0 Å². The van der Waals surface area contributed by atoms with Gasteiger partial charge >= 0.3 is 0 Å². The van der Waals surface area contributed by atoms with Crippen molar-refractivity contribution in [1.82, 2.24) is 4.90 Å². The van der Waals surface area contributed by atoms with E-state index < -0.39 is 23.3 Å². The molecule has 2 fully saturated rings. The van der Waals surface area contributed by atoms with Gasteiger partial charge in [0.05, 0.1) is 5.02 Å². The van der Waals surface area contributed by atoms with Crippen molar-refractivity contribution in [1.29, 1.82) is 0 Å². The van der Waals surface area contributed by atoms with Crippen LogP contribution in [-0.4, -0.2) is 29.4 Å². The van der Waals surface area contributed by atoms with Gasteiger partial charge < -0.3 is 11.1 Å². The minimum Gasteiger partial charge on any atom is -0.326 e. The van der Waals surface area contributed by atoms with Gasteiger partial charge in [0.2, 0.25) is 5.91 Å². The summed E-state index contributed by atoms with van der Waals surface area (Å²) < 4.78 is 15.2. The van der Waals surface area contributed by atoms with Crippen LogP contribution >= 0.6 is 23.2 Å². The van der Waals surface area contributed by atoms with Crippen molar-refractivity contribution in [2.45, 2.75) is 43.3 Å². The molecule has 3 aliphatic rings. The average Bonchev–Trinajstić information content (AvgIpc) is 3.42. The third kappa shape index (κ3) is 2.68. The summed E-state index contributed by atoms with van der Waals surface area (Å²) in [6, 6.07) is 9.78. The maximum absolute atomic E-state index is 15.2. The number of benzene rings is 2. The Morgan fingerprint density at radius 3 is 2.76 bits per heavy atom. The number of carbonyl (C=O) groups excluding carboxylic acids is 1. The van der Waals surface area contributed by atoms with Crippen molar-refractivity contribution in [2.75, 3.05) is 11.9 Å². The molecule has 1 saturated heterocycles. The van der Waals surface area contributed by atoms with E-state index in [1.165, 1.54) is 6.07 Å². The van der Waals surface area contributed by atoms with Crippen molar-refractivity contribution in [3.8, 4) is 0 Å². The zero-order valence-corrected chi connectivity index (χ0v) is 17.5. The highest BCUT2D eigenvalue weighted by Gasteiger charge is 2.65. The van der Waals surface area contributed by atoms with Gasteiger partial charge in [-0.2, -0.15) is 0 Å². The fraction of sp³-hybridized carbons (Fsp3) is 0.409. The highest BCUT2D eigenvalue weighted by Crippen LogP contribution is 2.58. The number of hydrogen-bond donors (Lipinski definition) is 2. The van der Waals surface area contributed by atoms with Gasteiger partial charge in [0.15, 0.2) is 0 Å². The Morgan fingerprint density at radius 1 is 1.28 bits per heavy atom. The third-order valence-corrected chi connectivity index (χ3v) is 7.32. The van der Waals surface area contributed by atoms with Crippen LogP contribution in [0.25, 0.3) is 0 Å². The Bertz CT molecular complexity index is 1010. The fourth-order valence-corrected chi connectivity index (χ4v) is 5.59. The van der Waals surface area contributed by atoms with Gasteiger partial charge in [-0.05, 0) is 49.4 Å². The Labute approximate surface area is 179 Å². The molecular formula is C22H22Cl2FN3O. The van der Waals surface area contributed by atoms with Crippen LogP contribution in [0.5, 0.6) is 0 Å². The third-order valence-electron chi connectivity index (χ3n) is 6.79. The lowest BCUT2D eigenvalue weighted by molar-refractivity contribution is -0.127. The number of rotatable bonds is 3. The first-order chi connectivity index (χ1) is 13.9. The number of fused-ring (bicyclic) bond motifs is 2. The first kappa shape index (κ1) is 19.3. The minimum absolute atomic E-state index is 0.0351. The van der Waals surface area contributed by atoms with E-state index in [0.29, 0.717) is 22.2 Å². The van der Waals surface area contributed by atoms with Gasteiger partial charge in [0, 0.05) is 40.8 Å². The van der Waals surface area contributed by atoms with E-state index in [1.54, 1.807) is 24.3 Å².